The van der Waals surface area contributed by atoms with Gasteiger partial charge in [0.05, 0.1) is 12.2 Å². The smallest absolute Gasteiger partial charge is 0.341 e. The molecule has 35 heavy (non-hydrogen) atoms. The van der Waals surface area contributed by atoms with Crippen LogP contribution in [0.5, 0.6) is 0 Å². The summed E-state index contributed by atoms with van der Waals surface area (Å²) < 4.78 is 10.3. The van der Waals surface area contributed by atoms with Crippen LogP contribution in [0, 0.1) is 6.92 Å². The fourth-order valence-electron chi connectivity index (χ4n) is 3.27. The van der Waals surface area contributed by atoms with E-state index >= 15 is 0 Å². The molecule has 11 heteroatoms. The van der Waals surface area contributed by atoms with E-state index in [0.717, 1.165) is 10.4 Å². The highest BCUT2D eigenvalue weighted by molar-refractivity contribution is 7.20. The molecule has 10 nitrogen and oxygen atoms in total. The summed E-state index contributed by atoms with van der Waals surface area (Å²) in [6.45, 7) is 4.82. The van der Waals surface area contributed by atoms with Crippen LogP contribution in [-0.2, 0) is 25.5 Å². The minimum Gasteiger partial charge on any atom is -0.462 e. The van der Waals surface area contributed by atoms with Crippen molar-refractivity contribution in [3.63, 3.8) is 0 Å². The minimum atomic E-state index is -1.16. The van der Waals surface area contributed by atoms with Gasteiger partial charge in [-0.05, 0) is 38.8 Å². The molecule has 0 spiro atoms. The number of carbonyl (C=O) groups is 3. The average molecular weight is 500 g/mol. The zero-order chi connectivity index (χ0) is 25.5. The molecule has 0 aliphatic carbocycles. The highest BCUT2D eigenvalue weighted by Gasteiger charge is 2.24. The van der Waals surface area contributed by atoms with E-state index in [2.05, 4.69) is 15.3 Å². The highest BCUT2D eigenvalue weighted by atomic mass is 32.1. The van der Waals surface area contributed by atoms with E-state index in [1.807, 2.05) is 30.3 Å². The van der Waals surface area contributed by atoms with Crippen LogP contribution < -0.4 is 16.6 Å². The molecule has 1 aromatic carbocycles. The molecule has 0 fully saturated rings. The van der Waals surface area contributed by atoms with E-state index in [1.165, 1.54) is 18.3 Å². The second-order valence-corrected chi connectivity index (χ2v) is 8.63. The third-order valence-corrected chi connectivity index (χ3v) is 6.13. The predicted molar refractivity (Wildman–Crippen MR) is 131 cm³/mol. The average Bonchev–Trinajstić information content (AvgIpc) is 3.23. The molecule has 0 unspecified atom stereocenters. The molecule has 2 heterocycles. The van der Waals surface area contributed by atoms with Crippen molar-refractivity contribution in [1.29, 1.82) is 0 Å². The van der Waals surface area contributed by atoms with E-state index in [1.54, 1.807) is 19.9 Å². The number of hydrogen-bond donors (Lipinski definition) is 3. The first-order valence-electron chi connectivity index (χ1n) is 10.9. The molecule has 0 radical (unpaired) electrons. The van der Waals surface area contributed by atoms with E-state index in [4.69, 9.17) is 9.47 Å². The monoisotopic (exact) mass is 499 g/mol. The van der Waals surface area contributed by atoms with Crippen molar-refractivity contribution in [2.45, 2.75) is 39.7 Å². The Morgan fingerprint density at radius 3 is 2.49 bits per heavy atom. The molecular weight excluding hydrogens is 474 g/mol. The van der Waals surface area contributed by atoms with Gasteiger partial charge in [-0.1, -0.05) is 30.3 Å². The molecule has 0 aliphatic rings. The van der Waals surface area contributed by atoms with Gasteiger partial charge in [0, 0.05) is 22.6 Å². The Morgan fingerprint density at radius 1 is 1.11 bits per heavy atom. The number of carbonyl (C=O) groups excluding carboxylic acids is 3. The second kappa shape index (κ2) is 11.4. The first kappa shape index (κ1) is 25.6. The van der Waals surface area contributed by atoms with Crippen molar-refractivity contribution in [2.24, 2.45) is 0 Å². The van der Waals surface area contributed by atoms with Crippen molar-refractivity contribution >= 4 is 34.2 Å². The van der Waals surface area contributed by atoms with E-state index in [0.29, 0.717) is 5.69 Å². The molecule has 3 rings (SSSR count). The standard InChI is InChI=1S/C24H25N3O7S/c1-4-33-23(31)17-12-18(15-8-6-5-7-9-15)35-22(17)26-20(29)14(3)34-19(28)11-10-16-13(2)25-24(32)27-21(16)30/h5-9,12,14H,4,10-11H2,1-3H3,(H,26,29)(H2,25,27,30,32)/t14-/m0/s1. The third-order valence-electron chi connectivity index (χ3n) is 5.03. The number of ether oxygens (including phenoxy) is 2. The Kier molecular flexibility index (Phi) is 8.37. The summed E-state index contributed by atoms with van der Waals surface area (Å²) in [7, 11) is 0. The van der Waals surface area contributed by atoms with E-state index in [-0.39, 0.29) is 35.6 Å². The topological polar surface area (TPSA) is 147 Å². The number of aromatic amines is 2. The normalized spacial score (nSPS) is 11.5. The summed E-state index contributed by atoms with van der Waals surface area (Å²) in [6, 6.07) is 11.0. The van der Waals surface area contributed by atoms with Crippen LogP contribution >= 0.6 is 11.3 Å². The van der Waals surface area contributed by atoms with E-state index < -0.39 is 35.2 Å². The zero-order valence-electron chi connectivity index (χ0n) is 19.4. The van der Waals surface area contributed by atoms with Gasteiger partial charge < -0.3 is 19.8 Å². The maximum absolute atomic E-state index is 12.7. The number of nitrogens with one attached hydrogen (secondary N) is 3. The van der Waals surface area contributed by atoms with Gasteiger partial charge in [0.25, 0.3) is 11.5 Å². The van der Waals surface area contributed by atoms with Gasteiger partial charge in [-0.15, -0.1) is 11.3 Å². The molecule has 184 valence electrons. The number of hydrogen-bond acceptors (Lipinski definition) is 8. The number of amides is 1. The first-order chi connectivity index (χ1) is 16.7. The fraction of sp³-hybridized carbons (Fsp3) is 0.292. The van der Waals surface area contributed by atoms with Gasteiger partial charge >= 0.3 is 17.6 Å². The van der Waals surface area contributed by atoms with Crippen molar-refractivity contribution in [2.75, 3.05) is 11.9 Å². The molecule has 0 saturated carbocycles. The summed E-state index contributed by atoms with van der Waals surface area (Å²) in [5, 5.41) is 2.93. The Balaban J connectivity index is 1.68. The van der Waals surface area contributed by atoms with Crippen LogP contribution in [0.3, 0.4) is 0 Å². The fourth-order valence-corrected chi connectivity index (χ4v) is 4.32. The molecule has 0 saturated heterocycles. The maximum Gasteiger partial charge on any atom is 0.341 e. The number of rotatable bonds is 9. The van der Waals surface area contributed by atoms with Gasteiger partial charge in [0.15, 0.2) is 6.10 Å². The lowest BCUT2D eigenvalue weighted by Gasteiger charge is -2.13. The lowest BCUT2D eigenvalue weighted by molar-refractivity contribution is -0.153. The number of aryl methyl sites for hydroxylation is 1. The summed E-state index contributed by atoms with van der Waals surface area (Å²) >= 11 is 1.20. The summed E-state index contributed by atoms with van der Waals surface area (Å²) in [5.74, 6) is -1.89. The van der Waals surface area contributed by atoms with Crippen LogP contribution in [0.15, 0.2) is 46.0 Å². The summed E-state index contributed by atoms with van der Waals surface area (Å²) in [5.41, 5.74) is 0.477. The van der Waals surface area contributed by atoms with Crippen molar-refractivity contribution < 1.29 is 23.9 Å². The van der Waals surface area contributed by atoms with Crippen LogP contribution in [0.25, 0.3) is 10.4 Å². The van der Waals surface area contributed by atoms with Crippen LogP contribution in [0.4, 0.5) is 5.00 Å². The molecule has 2 aromatic heterocycles. The lowest BCUT2D eigenvalue weighted by atomic mass is 10.1. The molecule has 3 N–H and O–H groups in total. The Labute approximate surface area is 204 Å². The van der Waals surface area contributed by atoms with Crippen molar-refractivity contribution in [1.82, 2.24) is 9.97 Å². The molecule has 1 atom stereocenters. The lowest BCUT2D eigenvalue weighted by Crippen LogP contribution is -2.31. The van der Waals surface area contributed by atoms with Crippen LogP contribution in [-0.4, -0.2) is 40.5 Å². The predicted octanol–water partition coefficient (Wildman–Crippen LogP) is 2.78. The van der Waals surface area contributed by atoms with Crippen molar-refractivity contribution in [3.8, 4) is 10.4 Å². The Hall–Kier alpha value is -3.99. The minimum absolute atomic E-state index is 0.0312. The van der Waals surface area contributed by atoms with Gasteiger partial charge in [0.1, 0.15) is 5.00 Å². The summed E-state index contributed by atoms with van der Waals surface area (Å²) in [6.07, 6.45) is -1.29. The van der Waals surface area contributed by atoms with Gasteiger partial charge in [-0.2, -0.15) is 0 Å². The number of anilines is 1. The molecule has 3 aromatic rings. The van der Waals surface area contributed by atoms with Gasteiger partial charge in [-0.25, -0.2) is 9.59 Å². The van der Waals surface area contributed by atoms with Crippen LogP contribution in [0.1, 0.15) is 41.9 Å². The first-order valence-corrected chi connectivity index (χ1v) is 11.7. The highest BCUT2D eigenvalue weighted by Crippen LogP contribution is 2.36. The molecule has 1 amide bonds. The van der Waals surface area contributed by atoms with Crippen LogP contribution in [0.2, 0.25) is 0 Å². The van der Waals surface area contributed by atoms with Gasteiger partial charge in [-0.3, -0.25) is 19.4 Å². The number of aromatic nitrogens is 2. The zero-order valence-corrected chi connectivity index (χ0v) is 20.2. The SMILES string of the molecule is CCOC(=O)c1cc(-c2ccccc2)sc1NC(=O)[C@H](C)OC(=O)CCc1c(C)[nH]c(=O)[nH]c1=O. The second-order valence-electron chi connectivity index (χ2n) is 7.57. The molecule has 0 bridgehead atoms. The number of benzene rings is 1. The third kappa shape index (κ3) is 6.54. The maximum atomic E-state index is 12.7. The quantitative estimate of drug-likeness (QED) is 0.384. The largest absolute Gasteiger partial charge is 0.462 e. The Morgan fingerprint density at radius 2 is 1.83 bits per heavy atom. The summed E-state index contributed by atoms with van der Waals surface area (Å²) in [4.78, 5) is 65.9. The number of H-pyrrole nitrogens is 2. The van der Waals surface area contributed by atoms with Gasteiger partial charge in [0.2, 0.25) is 0 Å². The number of esters is 2. The molecular formula is C24H25N3O7S. The molecule has 0 aliphatic heterocycles. The van der Waals surface area contributed by atoms with Crippen molar-refractivity contribution in [3.05, 3.63) is 74.1 Å². The number of thiophene rings is 1. The van der Waals surface area contributed by atoms with E-state index in [9.17, 15) is 24.0 Å². The Bertz CT molecular complexity index is 1340.